The van der Waals surface area contributed by atoms with E-state index in [0.29, 0.717) is 28.6 Å². The Balaban J connectivity index is 1.39. The molecule has 0 radical (unpaired) electrons. The maximum Gasteiger partial charge on any atom is 0.272 e. The van der Waals surface area contributed by atoms with E-state index in [4.69, 9.17) is 11.6 Å². The molecule has 0 aliphatic carbocycles. The third kappa shape index (κ3) is 5.47. The van der Waals surface area contributed by atoms with Gasteiger partial charge in [0.15, 0.2) is 5.69 Å². The van der Waals surface area contributed by atoms with E-state index in [1.165, 1.54) is 11.3 Å². The van der Waals surface area contributed by atoms with Gasteiger partial charge in [0.1, 0.15) is 0 Å². The van der Waals surface area contributed by atoms with Gasteiger partial charge in [-0.25, -0.2) is 0 Å². The van der Waals surface area contributed by atoms with Crippen LogP contribution in [0.15, 0.2) is 54.6 Å². The van der Waals surface area contributed by atoms with Crippen molar-refractivity contribution in [3.8, 4) is 10.4 Å². The van der Waals surface area contributed by atoms with Crippen molar-refractivity contribution >= 4 is 45.7 Å². The first-order chi connectivity index (χ1) is 16.3. The van der Waals surface area contributed by atoms with Crippen molar-refractivity contribution in [3.63, 3.8) is 0 Å². The summed E-state index contributed by atoms with van der Waals surface area (Å²) >= 11 is 7.25. The number of aliphatic hydroxyl groups is 1. The van der Waals surface area contributed by atoms with Gasteiger partial charge in [0.25, 0.3) is 11.8 Å². The number of carbonyl (C=O) groups excluding carboxylic acids is 2. The van der Waals surface area contributed by atoms with Crippen LogP contribution in [-0.4, -0.2) is 39.7 Å². The Hall–Kier alpha value is -3.20. The van der Waals surface area contributed by atoms with Gasteiger partial charge in [-0.2, -0.15) is 5.10 Å². The number of nitrogens with one attached hydrogen (secondary N) is 3. The lowest BCUT2D eigenvalue weighted by molar-refractivity contribution is 0.0933. The Kier molecular flexibility index (Phi) is 7.31. The fourth-order valence-electron chi connectivity index (χ4n) is 3.55. The van der Waals surface area contributed by atoms with E-state index in [9.17, 15) is 14.7 Å². The van der Waals surface area contributed by atoms with Crippen molar-refractivity contribution < 1.29 is 14.7 Å². The Morgan fingerprint density at radius 3 is 2.59 bits per heavy atom. The van der Waals surface area contributed by atoms with E-state index in [-0.39, 0.29) is 17.9 Å². The molecule has 4 aromatic rings. The van der Waals surface area contributed by atoms with Crippen LogP contribution < -0.4 is 10.6 Å². The normalized spacial score (nSPS) is 12.1. The van der Waals surface area contributed by atoms with Gasteiger partial charge in [0.2, 0.25) is 0 Å². The van der Waals surface area contributed by atoms with E-state index in [1.807, 2.05) is 38.1 Å². The number of nitrogens with zero attached hydrogens (tertiary/aromatic N) is 1. The van der Waals surface area contributed by atoms with E-state index in [0.717, 1.165) is 26.9 Å². The fraction of sp³-hybridized carbons (Fsp3) is 0.240. The topological polar surface area (TPSA) is 107 Å². The average Bonchev–Trinajstić information content (AvgIpc) is 3.46. The highest BCUT2D eigenvalue weighted by molar-refractivity contribution is 7.17. The number of carbonyl (C=O) groups is 2. The van der Waals surface area contributed by atoms with Crippen LogP contribution in [0.4, 0.5) is 0 Å². The van der Waals surface area contributed by atoms with Gasteiger partial charge < -0.3 is 15.7 Å². The van der Waals surface area contributed by atoms with Crippen molar-refractivity contribution in [1.29, 1.82) is 0 Å². The number of hydrogen-bond acceptors (Lipinski definition) is 5. The van der Waals surface area contributed by atoms with Crippen molar-refractivity contribution in [1.82, 2.24) is 20.8 Å². The van der Waals surface area contributed by atoms with Crippen molar-refractivity contribution in [2.75, 3.05) is 6.54 Å². The van der Waals surface area contributed by atoms with Crippen LogP contribution in [0.1, 0.15) is 52.1 Å². The van der Waals surface area contributed by atoms with Crippen LogP contribution in [0.2, 0.25) is 5.02 Å². The minimum atomic E-state index is -0.676. The summed E-state index contributed by atoms with van der Waals surface area (Å²) < 4.78 is 0. The van der Waals surface area contributed by atoms with Crippen LogP contribution in [0, 0.1) is 0 Å². The van der Waals surface area contributed by atoms with Crippen molar-refractivity contribution in [3.05, 3.63) is 75.8 Å². The SMILES string of the molecule is CC(C)NC(=O)c1n[nH]c2cc(-c3ccc(C(=O)NCCC(O)c4ccc(Cl)cc4)s3)ccc12. The predicted octanol–water partition coefficient (Wildman–Crippen LogP) is 4.94. The van der Waals surface area contributed by atoms with Crippen molar-refractivity contribution in [2.24, 2.45) is 0 Å². The maximum absolute atomic E-state index is 12.6. The molecule has 0 saturated heterocycles. The molecule has 4 N–H and O–H groups in total. The van der Waals surface area contributed by atoms with Gasteiger partial charge in [-0.3, -0.25) is 14.7 Å². The first-order valence-corrected chi connectivity index (χ1v) is 12.1. The smallest absolute Gasteiger partial charge is 0.272 e. The molecule has 9 heteroatoms. The molecular formula is C25H25ClN4O3S. The summed E-state index contributed by atoms with van der Waals surface area (Å²) in [4.78, 5) is 26.4. The molecule has 2 amide bonds. The second-order valence-corrected chi connectivity index (χ2v) is 9.76. The van der Waals surface area contributed by atoms with Crippen molar-refractivity contribution in [2.45, 2.75) is 32.4 Å². The van der Waals surface area contributed by atoms with Crippen LogP contribution in [0.3, 0.4) is 0 Å². The molecule has 0 fully saturated rings. The third-order valence-electron chi connectivity index (χ3n) is 5.27. The highest BCUT2D eigenvalue weighted by Crippen LogP contribution is 2.31. The molecule has 176 valence electrons. The zero-order chi connectivity index (χ0) is 24.2. The number of rotatable bonds is 8. The van der Waals surface area contributed by atoms with Crippen LogP contribution in [0.25, 0.3) is 21.3 Å². The molecule has 1 atom stereocenters. The summed E-state index contributed by atoms with van der Waals surface area (Å²) in [5.41, 5.74) is 2.80. The molecule has 0 saturated carbocycles. The molecule has 2 heterocycles. The first-order valence-electron chi connectivity index (χ1n) is 10.9. The molecule has 0 aliphatic rings. The monoisotopic (exact) mass is 496 g/mol. The van der Waals surface area contributed by atoms with Crippen LogP contribution in [-0.2, 0) is 0 Å². The van der Waals surface area contributed by atoms with Crippen LogP contribution >= 0.6 is 22.9 Å². The quantitative estimate of drug-likeness (QED) is 0.277. The number of benzene rings is 2. The standard InChI is InChI=1S/C25H25ClN4O3S/c1-14(2)28-25(33)23-18-8-5-16(13-19(18)29-30-23)21-9-10-22(34-21)24(32)27-12-11-20(31)15-3-6-17(26)7-4-15/h3-10,13-14,20,31H,11-12H2,1-2H3,(H,27,32)(H,28,33)(H,29,30). The highest BCUT2D eigenvalue weighted by Gasteiger charge is 2.16. The van der Waals surface area contributed by atoms with Gasteiger partial charge in [-0.05, 0) is 67.8 Å². The lowest BCUT2D eigenvalue weighted by Gasteiger charge is -2.11. The number of fused-ring (bicyclic) bond motifs is 1. The third-order valence-corrected chi connectivity index (χ3v) is 6.66. The molecule has 0 aliphatic heterocycles. The summed E-state index contributed by atoms with van der Waals surface area (Å²) in [5.74, 6) is -0.403. The number of amides is 2. The number of H-pyrrole nitrogens is 1. The summed E-state index contributed by atoms with van der Waals surface area (Å²) in [7, 11) is 0. The van der Waals surface area contributed by atoms with Gasteiger partial charge in [0, 0.05) is 27.9 Å². The minimum absolute atomic E-state index is 0.0231. The number of aromatic amines is 1. The largest absolute Gasteiger partial charge is 0.388 e. The molecular weight excluding hydrogens is 472 g/mol. The summed E-state index contributed by atoms with van der Waals surface area (Å²) in [6, 6.07) is 16.4. The van der Waals surface area contributed by atoms with E-state index in [2.05, 4.69) is 20.8 Å². The predicted molar refractivity (Wildman–Crippen MR) is 135 cm³/mol. The molecule has 34 heavy (non-hydrogen) atoms. The second kappa shape index (κ2) is 10.4. The Bertz CT molecular complexity index is 1310. The zero-order valence-electron chi connectivity index (χ0n) is 18.8. The minimum Gasteiger partial charge on any atom is -0.388 e. The van der Waals surface area contributed by atoms with E-state index in [1.54, 1.807) is 30.3 Å². The molecule has 2 aromatic carbocycles. The number of hydrogen-bond donors (Lipinski definition) is 4. The summed E-state index contributed by atoms with van der Waals surface area (Å²) in [6.07, 6.45) is -0.278. The van der Waals surface area contributed by atoms with Crippen LogP contribution in [0.5, 0.6) is 0 Å². The number of aliphatic hydroxyl groups excluding tert-OH is 1. The molecule has 0 bridgehead atoms. The zero-order valence-corrected chi connectivity index (χ0v) is 20.3. The molecule has 1 unspecified atom stereocenters. The number of aromatic nitrogens is 2. The molecule has 2 aromatic heterocycles. The average molecular weight is 497 g/mol. The molecule has 4 rings (SSSR count). The summed E-state index contributed by atoms with van der Waals surface area (Å²) in [5, 5.41) is 24.4. The lowest BCUT2D eigenvalue weighted by atomic mass is 10.1. The first kappa shape index (κ1) is 23.9. The van der Waals surface area contributed by atoms with E-state index < -0.39 is 6.10 Å². The Morgan fingerprint density at radius 2 is 1.85 bits per heavy atom. The second-order valence-electron chi connectivity index (χ2n) is 8.24. The number of halogens is 1. The van der Waals surface area contributed by atoms with Gasteiger partial charge in [-0.1, -0.05) is 29.8 Å². The molecule has 0 spiro atoms. The molecule has 7 nitrogen and oxygen atoms in total. The lowest BCUT2D eigenvalue weighted by Crippen LogP contribution is -2.30. The van der Waals surface area contributed by atoms with E-state index >= 15 is 0 Å². The Morgan fingerprint density at radius 1 is 1.09 bits per heavy atom. The maximum atomic E-state index is 12.6. The van der Waals surface area contributed by atoms with Gasteiger partial charge >= 0.3 is 0 Å². The van der Waals surface area contributed by atoms with Gasteiger partial charge in [0.05, 0.1) is 16.5 Å². The van der Waals surface area contributed by atoms with Gasteiger partial charge in [-0.15, -0.1) is 11.3 Å². The number of thiophene rings is 1. The fourth-order valence-corrected chi connectivity index (χ4v) is 4.60. The Labute approximate surface area is 206 Å². The highest BCUT2D eigenvalue weighted by atomic mass is 35.5. The summed E-state index contributed by atoms with van der Waals surface area (Å²) in [6.45, 7) is 4.14.